The van der Waals surface area contributed by atoms with Gasteiger partial charge in [0.2, 0.25) is 0 Å². The Balaban J connectivity index is 1.51. The molecule has 0 saturated carbocycles. The van der Waals surface area contributed by atoms with E-state index in [1.54, 1.807) is 0 Å². The van der Waals surface area contributed by atoms with Gasteiger partial charge in [0.25, 0.3) is 0 Å². The molecule has 1 saturated heterocycles. The van der Waals surface area contributed by atoms with Crippen molar-refractivity contribution in [2.24, 2.45) is 0 Å². The summed E-state index contributed by atoms with van der Waals surface area (Å²) in [5.41, 5.74) is 4.99. The summed E-state index contributed by atoms with van der Waals surface area (Å²) in [5.74, 6) is 0. The summed E-state index contributed by atoms with van der Waals surface area (Å²) in [6.45, 7) is 2.11. The van der Waals surface area contributed by atoms with E-state index >= 15 is 0 Å². The van der Waals surface area contributed by atoms with E-state index in [2.05, 4.69) is 70.5 Å². The minimum atomic E-state index is 0.420. The van der Waals surface area contributed by atoms with Crippen molar-refractivity contribution in [1.82, 2.24) is 14.9 Å². The zero-order valence-corrected chi connectivity index (χ0v) is 14.4. The highest BCUT2D eigenvalue weighted by Crippen LogP contribution is 2.32. The van der Waals surface area contributed by atoms with Crippen LogP contribution in [-0.2, 0) is 13.0 Å². The van der Waals surface area contributed by atoms with Crippen LogP contribution < -0.4 is 0 Å². The van der Waals surface area contributed by atoms with Crippen LogP contribution in [0, 0.1) is 0 Å². The van der Waals surface area contributed by atoms with Crippen LogP contribution in [0.5, 0.6) is 0 Å². The summed E-state index contributed by atoms with van der Waals surface area (Å²) < 4.78 is 0. The zero-order valence-electron chi connectivity index (χ0n) is 14.4. The van der Waals surface area contributed by atoms with Gasteiger partial charge < -0.3 is 0 Å². The van der Waals surface area contributed by atoms with Crippen LogP contribution in [-0.4, -0.2) is 21.4 Å². The van der Waals surface area contributed by atoms with E-state index in [9.17, 15) is 0 Å². The fourth-order valence-electron chi connectivity index (χ4n) is 3.66. The van der Waals surface area contributed by atoms with Gasteiger partial charge >= 0.3 is 0 Å². The molecule has 1 fully saturated rings. The Morgan fingerprint density at radius 3 is 2.56 bits per heavy atom. The molecule has 3 aromatic rings. The highest BCUT2D eigenvalue weighted by molar-refractivity contribution is 5.24. The number of benzene rings is 1. The van der Waals surface area contributed by atoms with Crippen LogP contribution in [0.1, 0.15) is 41.4 Å². The summed E-state index contributed by atoms with van der Waals surface area (Å²) >= 11 is 0. The predicted molar refractivity (Wildman–Crippen MR) is 100 cm³/mol. The molecule has 0 radical (unpaired) electrons. The smallest absolute Gasteiger partial charge is 0.0578 e. The number of hydrogen-bond donors (Lipinski definition) is 0. The molecule has 4 rings (SSSR count). The van der Waals surface area contributed by atoms with Crippen molar-refractivity contribution in [3.8, 4) is 0 Å². The van der Waals surface area contributed by atoms with Crippen molar-refractivity contribution >= 4 is 0 Å². The van der Waals surface area contributed by atoms with E-state index in [0.29, 0.717) is 6.04 Å². The maximum absolute atomic E-state index is 4.99. The number of nitrogens with zero attached hydrogens (tertiary/aromatic N) is 3. The van der Waals surface area contributed by atoms with Gasteiger partial charge in [0, 0.05) is 31.1 Å². The van der Waals surface area contributed by atoms with Crippen LogP contribution >= 0.6 is 0 Å². The van der Waals surface area contributed by atoms with Gasteiger partial charge in [-0.05, 0) is 54.8 Å². The first-order valence-electron chi connectivity index (χ1n) is 9.01. The van der Waals surface area contributed by atoms with Crippen molar-refractivity contribution in [2.75, 3.05) is 6.54 Å². The maximum atomic E-state index is 4.99. The molecule has 1 aliphatic rings. The number of hydrogen-bond acceptors (Lipinski definition) is 3. The predicted octanol–water partition coefficient (Wildman–Crippen LogP) is 4.40. The standard InChI is InChI=1S/C22H23N3/c1-2-6-18(7-3-1)16-20-8-4-9-21(24-20)22-10-5-15-25(22)17-19-11-13-23-14-12-19/h1-4,6-9,11-14,22H,5,10,15-17H2/t22-/m1/s1. The second-order valence-corrected chi connectivity index (χ2v) is 6.70. The van der Waals surface area contributed by atoms with E-state index < -0.39 is 0 Å². The van der Waals surface area contributed by atoms with E-state index in [1.165, 1.54) is 29.7 Å². The Kier molecular flexibility index (Phi) is 4.84. The molecule has 25 heavy (non-hydrogen) atoms. The minimum Gasteiger partial charge on any atom is -0.291 e. The van der Waals surface area contributed by atoms with Crippen LogP contribution in [0.25, 0.3) is 0 Å². The molecule has 3 heteroatoms. The molecule has 0 N–H and O–H groups in total. The Labute approximate surface area is 149 Å². The molecular formula is C22H23N3. The molecule has 3 nitrogen and oxygen atoms in total. The molecule has 3 heterocycles. The van der Waals surface area contributed by atoms with Gasteiger partial charge in [0.05, 0.1) is 11.7 Å². The number of aromatic nitrogens is 2. The fourth-order valence-corrected chi connectivity index (χ4v) is 3.66. The van der Waals surface area contributed by atoms with E-state index in [0.717, 1.165) is 25.2 Å². The molecule has 1 aliphatic heterocycles. The van der Waals surface area contributed by atoms with Crippen molar-refractivity contribution in [3.63, 3.8) is 0 Å². The van der Waals surface area contributed by atoms with Gasteiger partial charge in [0.1, 0.15) is 0 Å². The quantitative estimate of drug-likeness (QED) is 0.694. The molecule has 0 spiro atoms. The third kappa shape index (κ3) is 3.94. The summed E-state index contributed by atoms with van der Waals surface area (Å²) in [5, 5.41) is 0. The Hall–Kier alpha value is -2.52. The third-order valence-corrected chi connectivity index (χ3v) is 4.90. The van der Waals surface area contributed by atoms with Gasteiger partial charge in [-0.25, -0.2) is 0 Å². The molecule has 0 unspecified atom stereocenters. The number of likely N-dealkylation sites (tertiary alicyclic amines) is 1. The van der Waals surface area contributed by atoms with Gasteiger partial charge in [-0.1, -0.05) is 36.4 Å². The van der Waals surface area contributed by atoms with Gasteiger partial charge in [0.15, 0.2) is 0 Å². The second-order valence-electron chi connectivity index (χ2n) is 6.70. The SMILES string of the molecule is c1ccc(Cc2cccc([C@H]3CCCN3Cc3ccncc3)n2)cc1. The first kappa shape index (κ1) is 16.0. The monoisotopic (exact) mass is 329 g/mol. The molecule has 0 amide bonds. The number of pyridine rings is 2. The fraction of sp³-hybridized carbons (Fsp3) is 0.273. The van der Waals surface area contributed by atoms with E-state index in [1.807, 2.05) is 12.4 Å². The first-order chi connectivity index (χ1) is 12.4. The van der Waals surface area contributed by atoms with Crippen molar-refractivity contribution < 1.29 is 0 Å². The Morgan fingerprint density at radius 1 is 0.880 bits per heavy atom. The summed E-state index contributed by atoms with van der Waals surface area (Å²) in [4.78, 5) is 11.7. The minimum absolute atomic E-state index is 0.420. The normalized spacial score (nSPS) is 17.7. The average molecular weight is 329 g/mol. The van der Waals surface area contributed by atoms with Crippen LogP contribution in [0.3, 0.4) is 0 Å². The van der Waals surface area contributed by atoms with Crippen molar-refractivity contribution in [1.29, 1.82) is 0 Å². The largest absolute Gasteiger partial charge is 0.291 e. The lowest BCUT2D eigenvalue weighted by Gasteiger charge is -2.24. The zero-order chi connectivity index (χ0) is 16.9. The van der Waals surface area contributed by atoms with Gasteiger partial charge in [-0.2, -0.15) is 0 Å². The van der Waals surface area contributed by atoms with Crippen LogP contribution in [0.2, 0.25) is 0 Å². The first-order valence-corrected chi connectivity index (χ1v) is 9.01. The molecular weight excluding hydrogens is 306 g/mol. The lowest BCUT2D eigenvalue weighted by Crippen LogP contribution is -2.23. The molecule has 0 bridgehead atoms. The topological polar surface area (TPSA) is 29.0 Å². The van der Waals surface area contributed by atoms with Crippen LogP contribution in [0.4, 0.5) is 0 Å². The highest BCUT2D eigenvalue weighted by atomic mass is 15.2. The average Bonchev–Trinajstić information content (AvgIpc) is 3.12. The lowest BCUT2D eigenvalue weighted by atomic mass is 10.1. The Morgan fingerprint density at radius 2 is 1.72 bits per heavy atom. The maximum Gasteiger partial charge on any atom is 0.0578 e. The molecule has 1 atom stereocenters. The summed E-state index contributed by atoms with van der Waals surface area (Å²) in [7, 11) is 0. The molecule has 126 valence electrons. The third-order valence-electron chi connectivity index (χ3n) is 4.90. The van der Waals surface area contributed by atoms with E-state index in [-0.39, 0.29) is 0 Å². The Bertz CT molecular complexity index is 802. The second kappa shape index (κ2) is 7.58. The number of rotatable bonds is 5. The van der Waals surface area contributed by atoms with Gasteiger partial charge in [-0.3, -0.25) is 14.9 Å². The highest BCUT2D eigenvalue weighted by Gasteiger charge is 2.27. The molecule has 1 aromatic carbocycles. The van der Waals surface area contributed by atoms with Crippen molar-refractivity contribution in [2.45, 2.75) is 31.8 Å². The molecule has 2 aromatic heterocycles. The van der Waals surface area contributed by atoms with E-state index in [4.69, 9.17) is 4.98 Å². The van der Waals surface area contributed by atoms with Crippen molar-refractivity contribution in [3.05, 3.63) is 95.6 Å². The summed E-state index contributed by atoms with van der Waals surface area (Å²) in [6, 6.07) is 21.7. The van der Waals surface area contributed by atoms with Gasteiger partial charge in [-0.15, -0.1) is 0 Å². The lowest BCUT2D eigenvalue weighted by molar-refractivity contribution is 0.244. The summed E-state index contributed by atoms with van der Waals surface area (Å²) in [6.07, 6.45) is 7.07. The van der Waals surface area contributed by atoms with Crippen LogP contribution in [0.15, 0.2) is 73.1 Å². The molecule has 0 aliphatic carbocycles.